The van der Waals surface area contributed by atoms with Gasteiger partial charge in [0.1, 0.15) is 6.61 Å². The van der Waals surface area contributed by atoms with Gasteiger partial charge in [0.05, 0.1) is 0 Å². The summed E-state index contributed by atoms with van der Waals surface area (Å²) in [5.74, 6) is -2.51. The van der Waals surface area contributed by atoms with Crippen molar-refractivity contribution in [2.75, 3.05) is 13.1 Å². The highest BCUT2D eigenvalue weighted by atomic mass is 16.6. The zero-order chi connectivity index (χ0) is 19.5. The fourth-order valence-electron chi connectivity index (χ4n) is 2.43. The first-order valence-electron chi connectivity index (χ1n) is 8.15. The molecule has 0 radical (unpaired) electrons. The molecular formula is C18H24N2O6. The second kappa shape index (κ2) is 10.9. The molecule has 8 nitrogen and oxygen atoms in total. The molecule has 1 heterocycles. The summed E-state index contributed by atoms with van der Waals surface area (Å²) < 4.78 is 5.37. The van der Waals surface area contributed by atoms with Gasteiger partial charge in [-0.3, -0.25) is 0 Å². The van der Waals surface area contributed by atoms with E-state index in [-0.39, 0.29) is 18.2 Å². The number of carboxylic acid groups (broad SMARTS) is 2. The van der Waals surface area contributed by atoms with E-state index >= 15 is 0 Å². The van der Waals surface area contributed by atoms with Crippen LogP contribution in [-0.2, 0) is 20.9 Å². The van der Waals surface area contributed by atoms with E-state index in [1.807, 2.05) is 49.1 Å². The Hall–Kier alpha value is -2.87. The Balaban J connectivity index is 0.000000359. The molecule has 1 aromatic rings. The number of carboxylic acids is 2. The van der Waals surface area contributed by atoms with Crippen LogP contribution in [0.3, 0.4) is 0 Å². The molecule has 142 valence electrons. The van der Waals surface area contributed by atoms with E-state index in [1.165, 1.54) is 0 Å². The highest BCUT2D eigenvalue weighted by molar-refractivity contribution is 5.89. The number of carbonyl (C=O) groups is 3. The standard InChI is InChI=1S/C14H20N2O2.C4H4O4/c1-11-8-15-9-12(2)16(11)14(17)18-10-13-6-4-3-5-7-13;5-3(6)1-2-4(7)8/h3-7,11-12,15H,8-10H2,1-2H3;1-2H,(H,5,6)(H,7,8)/b;2-1+. The Morgan fingerprint density at radius 2 is 1.58 bits per heavy atom. The Kier molecular flexibility index (Phi) is 8.86. The third-order valence-corrected chi connectivity index (χ3v) is 3.61. The molecule has 1 aliphatic heterocycles. The molecule has 26 heavy (non-hydrogen) atoms. The first-order chi connectivity index (χ1) is 12.3. The van der Waals surface area contributed by atoms with Gasteiger partial charge in [-0.25, -0.2) is 14.4 Å². The quantitative estimate of drug-likeness (QED) is 0.697. The molecule has 1 fully saturated rings. The van der Waals surface area contributed by atoms with Crippen molar-refractivity contribution in [2.45, 2.75) is 32.5 Å². The first-order valence-corrected chi connectivity index (χ1v) is 8.15. The number of hydrogen-bond acceptors (Lipinski definition) is 5. The summed E-state index contributed by atoms with van der Waals surface area (Å²) in [4.78, 5) is 33.0. The molecule has 2 rings (SSSR count). The number of carbonyl (C=O) groups excluding carboxylic acids is 1. The first kappa shape index (κ1) is 21.2. The SMILES string of the molecule is CC1CNCC(C)N1C(=O)OCc1ccccc1.O=C(O)/C=C/C(=O)O. The smallest absolute Gasteiger partial charge is 0.410 e. The van der Waals surface area contributed by atoms with Gasteiger partial charge in [-0.2, -0.15) is 0 Å². The second-order valence-corrected chi connectivity index (χ2v) is 5.81. The van der Waals surface area contributed by atoms with Crippen LogP contribution in [0.15, 0.2) is 42.5 Å². The van der Waals surface area contributed by atoms with Crippen molar-refractivity contribution in [3.05, 3.63) is 48.0 Å². The lowest BCUT2D eigenvalue weighted by molar-refractivity contribution is -0.134. The number of aliphatic carboxylic acids is 2. The predicted octanol–water partition coefficient (Wildman–Crippen LogP) is 1.72. The molecule has 8 heteroatoms. The molecule has 0 bridgehead atoms. The van der Waals surface area contributed by atoms with Gasteiger partial charge in [0.2, 0.25) is 0 Å². The largest absolute Gasteiger partial charge is 0.478 e. The van der Waals surface area contributed by atoms with Gasteiger partial charge in [-0.1, -0.05) is 30.3 Å². The summed E-state index contributed by atoms with van der Waals surface area (Å²) in [6.45, 7) is 6.05. The molecule has 0 aromatic heterocycles. The minimum atomic E-state index is -1.26. The molecule has 0 spiro atoms. The van der Waals surface area contributed by atoms with Crippen LogP contribution < -0.4 is 5.32 Å². The Morgan fingerprint density at radius 1 is 1.08 bits per heavy atom. The number of piperazine rings is 1. The summed E-state index contributed by atoms with van der Waals surface area (Å²) >= 11 is 0. The molecule has 1 aliphatic rings. The van der Waals surface area contributed by atoms with Gasteiger partial charge >= 0.3 is 18.0 Å². The number of ether oxygens (including phenoxy) is 1. The summed E-state index contributed by atoms with van der Waals surface area (Å²) in [5.41, 5.74) is 1.02. The Morgan fingerprint density at radius 3 is 2.04 bits per heavy atom. The van der Waals surface area contributed by atoms with Crippen LogP contribution in [0.5, 0.6) is 0 Å². The van der Waals surface area contributed by atoms with E-state index in [0.717, 1.165) is 18.7 Å². The zero-order valence-electron chi connectivity index (χ0n) is 14.8. The van der Waals surface area contributed by atoms with Crippen LogP contribution in [0.25, 0.3) is 0 Å². The second-order valence-electron chi connectivity index (χ2n) is 5.81. The summed E-state index contributed by atoms with van der Waals surface area (Å²) in [6.07, 6.45) is 0.894. The maximum Gasteiger partial charge on any atom is 0.410 e. The zero-order valence-corrected chi connectivity index (χ0v) is 14.8. The van der Waals surface area contributed by atoms with E-state index in [4.69, 9.17) is 14.9 Å². The topological polar surface area (TPSA) is 116 Å². The number of nitrogens with zero attached hydrogens (tertiary/aromatic N) is 1. The van der Waals surface area contributed by atoms with E-state index in [0.29, 0.717) is 18.8 Å². The molecule has 2 unspecified atom stereocenters. The molecular weight excluding hydrogens is 340 g/mol. The van der Waals surface area contributed by atoms with Gasteiger partial charge in [0.25, 0.3) is 0 Å². The molecule has 0 aliphatic carbocycles. The maximum absolute atomic E-state index is 12.1. The molecule has 0 saturated carbocycles. The van der Waals surface area contributed by atoms with E-state index in [1.54, 1.807) is 0 Å². The van der Waals surface area contributed by atoms with Crippen LogP contribution in [0.2, 0.25) is 0 Å². The number of benzene rings is 1. The van der Waals surface area contributed by atoms with Crippen LogP contribution in [0.1, 0.15) is 19.4 Å². The van der Waals surface area contributed by atoms with E-state index in [9.17, 15) is 14.4 Å². The summed E-state index contributed by atoms with van der Waals surface area (Å²) in [5, 5.41) is 18.9. The molecule has 1 amide bonds. The minimum Gasteiger partial charge on any atom is -0.478 e. The monoisotopic (exact) mass is 364 g/mol. The number of nitrogens with one attached hydrogen (secondary N) is 1. The van der Waals surface area contributed by atoms with Gasteiger partial charge in [-0.05, 0) is 19.4 Å². The van der Waals surface area contributed by atoms with E-state index in [2.05, 4.69) is 5.32 Å². The average Bonchev–Trinajstić information content (AvgIpc) is 2.59. The maximum atomic E-state index is 12.1. The number of amides is 1. The lowest BCUT2D eigenvalue weighted by Crippen LogP contribution is -2.57. The molecule has 3 N–H and O–H groups in total. The number of hydrogen-bond donors (Lipinski definition) is 3. The molecule has 1 saturated heterocycles. The van der Waals surface area contributed by atoms with Crippen molar-refractivity contribution < 1.29 is 29.3 Å². The minimum absolute atomic E-state index is 0.178. The highest BCUT2D eigenvalue weighted by Gasteiger charge is 2.29. The lowest BCUT2D eigenvalue weighted by atomic mass is 10.1. The van der Waals surface area contributed by atoms with Gasteiger partial charge in [-0.15, -0.1) is 0 Å². The molecule has 1 aromatic carbocycles. The predicted molar refractivity (Wildman–Crippen MR) is 94.7 cm³/mol. The fourth-order valence-corrected chi connectivity index (χ4v) is 2.43. The highest BCUT2D eigenvalue weighted by Crippen LogP contribution is 2.12. The van der Waals surface area contributed by atoms with Crippen molar-refractivity contribution in [2.24, 2.45) is 0 Å². The summed E-state index contributed by atoms with van der Waals surface area (Å²) in [6, 6.07) is 10.1. The summed E-state index contributed by atoms with van der Waals surface area (Å²) in [7, 11) is 0. The fraction of sp³-hybridized carbons (Fsp3) is 0.389. The van der Waals surface area contributed by atoms with Crippen LogP contribution in [-0.4, -0.2) is 58.3 Å². The van der Waals surface area contributed by atoms with E-state index < -0.39 is 11.9 Å². The van der Waals surface area contributed by atoms with Crippen molar-refractivity contribution in [3.63, 3.8) is 0 Å². The third kappa shape index (κ3) is 7.80. The van der Waals surface area contributed by atoms with Crippen LogP contribution >= 0.6 is 0 Å². The van der Waals surface area contributed by atoms with Crippen molar-refractivity contribution in [1.29, 1.82) is 0 Å². The van der Waals surface area contributed by atoms with Crippen molar-refractivity contribution >= 4 is 18.0 Å². The normalized spacial score (nSPS) is 19.4. The average molecular weight is 364 g/mol. The van der Waals surface area contributed by atoms with Gasteiger partial charge in [0, 0.05) is 37.3 Å². The lowest BCUT2D eigenvalue weighted by Gasteiger charge is -2.38. The van der Waals surface area contributed by atoms with Crippen molar-refractivity contribution in [1.82, 2.24) is 10.2 Å². The number of rotatable bonds is 4. The Bertz CT molecular complexity index is 606. The van der Waals surface area contributed by atoms with Gasteiger partial charge in [0.15, 0.2) is 0 Å². The Labute approximate surface area is 152 Å². The third-order valence-electron chi connectivity index (χ3n) is 3.61. The van der Waals surface area contributed by atoms with Crippen LogP contribution in [0.4, 0.5) is 4.79 Å². The van der Waals surface area contributed by atoms with Crippen molar-refractivity contribution in [3.8, 4) is 0 Å². The molecule has 2 atom stereocenters. The van der Waals surface area contributed by atoms with Gasteiger partial charge < -0.3 is 25.2 Å². The van der Waals surface area contributed by atoms with Crippen LogP contribution in [0, 0.1) is 0 Å².